The van der Waals surface area contributed by atoms with Crippen LogP contribution in [0.2, 0.25) is 10.0 Å². The molecule has 1 atom stereocenters. The van der Waals surface area contributed by atoms with E-state index in [1.165, 1.54) is 0 Å². The molecule has 1 amide bonds. The van der Waals surface area contributed by atoms with Crippen molar-refractivity contribution in [1.82, 2.24) is 15.8 Å². The van der Waals surface area contributed by atoms with Gasteiger partial charge in [0.05, 0.1) is 21.7 Å². The summed E-state index contributed by atoms with van der Waals surface area (Å²) in [7, 11) is 1.80. The fourth-order valence-corrected chi connectivity index (χ4v) is 3.93. The van der Waals surface area contributed by atoms with Gasteiger partial charge < -0.3 is 15.1 Å². The molecule has 1 aliphatic heterocycles. The highest BCUT2D eigenvalue weighted by molar-refractivity contribution is 6.37. The summed E-state index contributed by atoms with van der Waals surface area (Å²) in [5.41, 5.74) is 3.08. The molecule has 0 fully saturated rings. The minimum atomic E-state index is -0.958. The van der Waals surface area contributed by atoms with Crippen LogP contribution in [0.5, 0.6) is 5.75 Å². The first-order valence-corrected chi connectivity index (χ1v) is 10.4. The molecule has 1 aromatic rings. The predicted octanol–water partition coefficient (Wildman–Crippen LogP) is 5.10. The molecule has 0 saturated heterocycles. The topological polar surface area (TPSA) is 53.6 Å². The number of nitrogens with one attached hydrogen (secondary N) is 2. The minimum Gasteiger partial charge on any atom is -0.490 e. The second-order valence-electron chi connectivity index (χ2n) is 8.19. The largest absolute Gasteiger partial charge is 0.490 e. The Balaban J connectivity index is 2.03. The lowest BCUT2D eigenvalue weighted by Crippen LogP contribution is -2.56. The van der Waals surface area contributed by atoms with Crippen molar-refractivity contribution in [2.75, 3.05) is 13.7 Å². The van der Waals surface area contributed by atoms with Gasteiger partial charge in [-0.25, -0.2) is 5.43 Å². The Morgan fingerprint density at radius 2 is 1.86 bits per heavy atom. The molecule has 28 heavy (non-hydrogen) atoms. The first-order valence-electron chi connectivity index (χ1n) is 9.26. The highest BCUT2D eigenvalue weighted by atomic mass is 35.5. The molecule has 1 aliphatic rings. The molecule has 0 radical (unpaired) electrons. The molecule has 0 saturated carbocycles. The molecular formula is C20H28Cl3N3O2. The Bertz CT molecular complexity index is 739. The number of nitrogens with zero attached hydrogens (tertiary/aromatic N) is 1. The average molecular weight is 449 g/mol. The van der Waals surface area contributed by atoms with Gasteiger partial charge in [0.1, 0.15) is 0 Å². The van der Waals surface area contributed by atoms with E-state index >= 15 is 0 Å². The Kier molecular flexibility index (Phi) is 7.54. The number of hydrogen-bond donors (Lipinski definition) is 2. The van der Waals surface area contributed by atoms with E-state index in [2.05, 4.69) is 31.5 Å². The van der Waals surface area contributed by atoms with Gasteiger partial charge >= 0.3 is 0 Å². The van der Waals surface area contributed by atoms with Gasteiger partial charge in [-0.05, 0) is 36.0 Å². The quantitative estimate of drug-likeness (QED) is 0.609. The number of hydrazine groups is 1. The number of hydrogen-bond acceptors (Lipinski definition) is 4. The molecular weight excluding hydrogens is 421 g/mol. The van der Waals surface area contributed by atoms with E-state index in [9.17, 15) is 4.79 Å². The molecule has 0 aliphatic carbocycles. The third-order valence-corrected chi connectivity index (χ3v) is 5.59. The molecule has 1 heterocycles. The van der Waals surface area contributed by atoms with Gasteiger partial charge in [-0.3, -0.25) is 4.79 Å². The van der Waals surface area contributed by atoms with Gasteiger partial charge in [0, 0.05) is 19.8 Å². The standard InChI is InChI=1S/C20H28Cl3N3O2/c1-6-20(16(23)12-26(5)25-20)18(27)24-11-13-9-14(21)17(15(22)10-13)28-8-7-19(2,3)4/h9-10,12,25H,6-8,11H2,1-5H3,(H,24,27). The summed E-state index contributed by atoms with van der Waals surface area (Å²) < 4.78 is 5.77. The number of rotatable bonds is 7. The van der Waals surface area contributed by atoms with Gasteiger partial charge in [0.2, 0.25) is 5.91 Å². The average Bonchev–Trinajstić information content (AvgIpc) is 2.88. The van der Waals surface area contributed by atoms with Crippen molar-refractivity contribution in [1.29, 1.82) is 0 Å². The van der Waals surface area contributed by atoms with Crippen LogP contribution in [0.25, 0.3) is 0 Å². The fraction of sp³-hybridized carbons (Fsp3) is 0.550. The normalized spacial score (nSPS) is 19.6. The van der Waals surface area contributed by atoms with Gasteiger partial charge in [-0.2, -0.15) is 0 Å². The van der Waals surface area contributed by atoms with Crippen LogP contribution in [0, 0.1) is 5.41 Å². The molecule has 5 nitrogen and oxygen atoms in total. The Morgan fingerprint density at radius 1 is 1.25 bits per heavy atom. The van der Waals surface area contributed by atoms with Crippen LogP contribution in [0.1, 0.15) is 46.1 Å². The van der Waals surface area contributed by atoms with Crippen molar-refractivity contribution in [3.8, 4) is 5.75 Å². The van der Waals surface area contributed by atoms with Crippen LogP contribution in [-0.4, -0.2) is 30.1 Å². The zero-order valence-corrected chi connectivity index (χ0v) is 19.2. The summed E-state index contributed by atoms with van der Waals surface area (Å²) in [6.45, 7) is 9.14. The molecule has 8 heteroatoms. The van der Waals surface area contributed by atoms with Crippen molar-refractivity contribution in [2.45, 2.75) is 52.6 Å². The predicted molar refractivity (Wildman–Crippen MR) is 116 cm³/mol. The lowest BCUT2D eigenvalue weighted by Gasteiger charge is -2.29. The second-order valence-corrected chi connectivity index (χ2v) is 9.41. The Labute approximate surface area is 182 Å². The molecule has 0 bridgehead atoms. The van der Waals surface area contributed by atoms with Crippen molar-refractivity contribution in [2.24, 2.45) is 5.41 Å². The third kappa shape index (κ3) is 5.47. The summed E-state index contributed by atoms with van der Waals surface area (Å²) in [4.78, 5) is 12.8. The lowest BCUT2D eigenvalue weighted by molar-refractivity contribution is -0.127. The summed E-state index contributed by atoms with van der Waals surface area (Å²) in [5, 5.41) is 5.89. The van der Waals surface area contributed by atoms with E-state index in [0.717, 1.165) is 12.0 Å². The molecule has 1 unspecified atom stereocenters. The minimum absolute atomic E-state index is 0.163. The summed E-state index contributed by atoms with van der Waals surface area (Å²) in [6, 6.07) is 3.51. The summed E-state index contributed by atoms with van der Waals surface area (Å²) in [5.74, 6) is 0.260. The molecule has 156 valence electrons. The highest BCUT2D eigenvalue weighted by Crippen LogP contribution is 2.35. The number of carbonyl (C=O) groups is 1. The first-order chi connectivity index (χ1) is 13.0. The molecule has 0 aromatic heterocycles. The van der Waals surface area contributed by atoms with Crippen LogP contribution in [0.4, 0.5) is 0 Å². The van der Waals surface area contributed by atoms with E-state index < -0.39 is 5.54 Å². The van der Waals surface area contributed by atoms with Gasteiger partial charge in [0.15, 0.2) is 11.3 Å². The van der Waals surface area contributed by atoms with E-state index in [0.29, 0.717) is 33.9 Å². The zero-order valence-electron chi connectivity index (χ0n) is 17.0. The van der Waals surface area contributed by atoms with E-state index in [4.69, 9.17) is 39.5 Å². The summed E-state index contributed by atoms with van der Waals surface area (Å²) >= 11 is 19.0. The van der Waals surface area contributed by atoms with E-state index in [1.807, 2.05) is 6.92 Å². The van der Waals surface area contributed by atoms with E-state index in [-0.39, 0.29) is 17.9 Å². The van der Waals surface area contributed by atoms with Crippen LogP contribution in [-0.2, 0) is 11.3 Å². The van der Waals surface area contributed by atoms with Crippen molar-refractivity contribution in [3.05, 3.63) is 39.0 Å². The van der Waals surface area contributed by atoms with Crippen molar-refractivity contribution < 1.29 is 9.53 Å². The van der Waals surface area contributed by atoms with Crippen LogP contribution < -0.4 is 15.5 Å². The Morgan fingerprint density at radius 3 is 2.32 bits per heavy atom. The number of ether oxygens (including phenoxy) is 1. The number of amides is 1. The molecule has 2 N–H and O–H groups in total. The number of benzene rings is 1. The maximum atomic E-state index is 12.8. The van der Waals surface area contributed by atoms with Crippen LogP contribution in [0.3, 0.4) is 0 Å². The zero-order chi connectivity index (χ0) is 21.1. The molecule has 1 aromatic carbocycles. The van der Waals surface area contributed by atoms with Gasteiger partial charge in [0.25, 0.3) is 0 Å². The lowest BCUT2D eigenvalue weighted by atomic mass is 9.93. The Hall–Kier alpha value is -1.14. The maximum absolute atomic E-state index is 12.8. The van der Waals surface area contributed by atoms with Gasteiger partial charge in [-0.1, -0.05) is 62.5 Å². The maximum Gasteiger partial charge on any atom is 0.247 e. The van der Waals surface area contributed by atoms with Gasteiger partial charge in [-0.15, -0.1) is 0 Å². The molecule has 2 rings (SSSR count). The van der Waals surface area contributed by atoms with Crippen molar-refractivity contribution in [3.63, 3.8) is 0 Å². The monoisotopic (exact) mass is 447 g/mol. The number of halogens is 3. The SMILES string of the molecule is CCC1(C(=O)NCc2cc(Cl)c(OCCC(C)(C)C)c(Cl)c2)NN(C)C=C1Cl. The van der Waals surface area contributed by atoms with Crippen molar-refractivity contribution >= 4 is 40.7 Å². The fourth-order valence-electron chi connectivity index (χ4n) is 2.88. The summed E-state index contributed by atoms with van der Waals surface area (Å²) in [6.07, 6.45) is 3.09. The highest BCUT2D eigenvalue weighted by Gasteiger charge is 2.44. The van der Waals surface area contributed by atoms with Crippen LogP contribution >= 0.6 is 34.8 Å². The first kappa shape index (κ1) is 23.1. The number of carbonyl (C=O) groups excluding carboxylic acids is 1. The van der Waals surface area contributed by atoms with Crippen LogP contribution in [0.15, 0.2) is 23.4 Å². The smallest absolute Gasteiger partial charge is 0.247 e. The molecule has 0 spiro atoms. The van der Waals surface area contributed by atoms with E-state index in [1.54, 1.807) is 30.4 Å². The second kappa shape index (κ2) is 9.12. The third-order valence-electron chi connectivity index (χ3n) is 4.61.